The summed E-state index contributed by atoms with van der Waals surface area (Å²) in [6.45, 7) is 2.26. The lowest BCUT2D eigenvalue weighted by Gasteiger charge is -2.29. The molecule has 1 saturated carbocycles. The van der Waals surface area contributed by atoms with Gasteiger partial charge in [0, 0.05) is 13.1 Å². The molecular formula is C11H18ClN5. The van der Waals surface area contributed by atoms with E-state index in [1.54, 1.807) is 7.05 Å². The second-order valence-electron chi connectivity index (χ2n) is 4.51. The molecule has 1 aliphatic rings. The van der Waals surface area contributed by atoms with Crippen LogP contribution in [0.5, 0.6) is 0 Å². The van der Waals surface area contributed by atoms with Crippen LogP contribution in [0.3, 0.4) is 0 Å². The summed E-state index contributed by atoms with van der Waals surface area (Å²) in [6, 6.07) is 0.437. The monoisotopic (exact) mass is 255 g/mol. The summed E-state index contributed by atoms with van der Waals surface area (Å²) in [5.74, 6) is 1.71. The third-order valence-corrected chi connectivity index (χ3v) is 3.43. The topological polar surface area (TPSA) is 62.7 Å². The molecule has 1 aromatic heterocycles. The van der Waals surface area contributed by atoms with Gasteiger partial charge in [-0.1, -0.05) is 19.8 Å². The smallest absolute Gasteiger partial charge is 0.229 e. The molecule has 0 aromatic carbocycles. The first-order valence-electron chi connectivity index (χ1n) is 6.05. The summed E-state index contributed by atoms with van der Waals surface area (Å²) in [5, 5.41) is 6.45. The Morgan fingerprint density at radius 3 is 2.53 bits per heavy atom. The van der Waals surface area contributed by atoms with Crippen molar-refractivity contribution in [2.45, 2.75) is 38.6 Å². The molecule has 0 bridgehead atoms. The fourth-order valence-electron chi connectivity index (χ4n) is 2.22. The summed E-state index contributed by atoms with van der Waals surface area (Å²) < 4.78 is 0. The van der Waals surface area contributed by atoms with Gasteiger partial charge in [0.05, 0.1) is 0 Å². The zero-order valence-electron chi connectivity index (χ0n) is 10.2. The van der Waals surface area contributed by atoms with E-state index in [-0.39, 0.29) is 5.28 Å². The molecule has 0 radical (unpaired) electrons. The second-order valence-corrected chi connectivity index (χ2v) is 4.85. The van der Waals surface area contributed by atoms with Gasteiger partial charge in [0.2, 0.25) is 17.2 Å². The van der Waals surface area contributed by atoms with E-state index in [9.17, 15) is 0 Å². The highest BCUT2D eigenvalue weighted by Gasteiger charge is 2.22. The maximum Gasteiger partial charge on any atom is 0.229 e. The lowest BCUT2D eigenvalue weighted by Crippen LogP contribution is -2.31. The predicted octanol–water partition coefficient (Wildman–Crippen LogP) is 2.56. The highest BCUT2D eigenvalue weighted by Crippen LogP contribution is 2.26. The van der Waals surface area contributed by atoms with Gasteiger partial charge in [-0.05, 0) is 30.4 Å². The zero-order valence-corrected chi connectivity index (χ0v) is 11.0. The largest absolute Gasteiger partial charge is 0.357 e. The van der Waals surface area contributed by atoms with E-state index in [2.05, 4.69) is 32.5 Å². The van der Waals surface area contributed by atoms with Gasteiger partial charge in [0.1, 0.15) is 0 Å². The van der Waals surface area contributed by atoms with Crippen molar-refractivity contribution >= 4 is 23.5 Å². The van der Waals surface area contributed by atoms with Gasteiger partial charge in [0.15, 0.2) is 0 Å². The molecule has 1 aromatic rings. The summed E-state index contributed by atoms with van der Waals surface area (Å²) >= 11 is 5.84. The molecule has 2 N–H and O–H groups in total. The van der Waals surface area contributed by atoms with E-state index in [1.165, 1.54) is 25.7 Å². The molecular weight excluding hydrogens is 238 g/mol. The van der Waals surface area contributed by atoms with Crippen molar-refractivity contribution in [1.29, 1.82) is 0 Å². The van der Waals surface area contributed by atoms with Crippen LogP contribution in [-0.2, 0) is 0 Å². The third kappa shape index (κ3) is 3.19. The average Bonchev–Trinajstić information content (AvgIpc) is 2.31. The highest BCUT2D eigenvalue weighted by molar-refractivity contribution is 6.28. The number of nitrogens with one attached hydrogen (secondary N) is 2. The summed E-state index contributed by atoms with van der Waals surface area (Å²) in [5.41, 5.74) is 0. The Balaban J connectivity index is 2.09. The number of aromatic nitrogens is 3. The molecule has 0 saturated heterocycles. The average molecular weight is 256 g/mol. The minimum atomic E-state index is 0.218. The Kier molecular flexibility index (Phi) is 3.99. The van der Waals surface area contributed by atoms with Gasteiger partial charge in [-0.15, -0.1) is 0 Å². The van der Waals surface area contributed by atoms with Gasteiger partial charge in [0.25, 0.3) is 0 Å². The lowest BCUT2D eigenvalue weighted by molar-refractivity contribution is 0.348. The first-order chi connectivity index (χ1) is 8.19. The molecule has 17 heavy (non-hydrogen) atoms. The van der Waals surface area contributed by atoms with Gasteiger partial charge in [-0.3, -0.25) is 0 Å². The maximum atomic E-state index is 5.84. The van der Waals surface area contributed by atoms with Crippen LogP contribution in [0.25, 0.3) is 0 Å². The lowest BCUT2D eigenvalue weighted by atomic mass is 9.86. The van der Waals surface area contributed by atoms with Crippen LogP contribution >= 0.6 is 11.6 Å². The summed E-state index contributed by atoms with van der Waals surface area (Å²) in [7, 11) is 1.76. The van der Waals surface area contributed by atoms with Crippen molar-refractivity contribution in [3.05, 3.63) is 5.28 Å². The predicted molar refractivity (Wildman–Crippen MR) is 69.4 cm³/mol. The Morgan fingerprint density at radius 1 is 1.12 bits per heavy atom. The number of hydrogen-bond donors (Lipinski definition) is 2. The molecule has 94 valence electrons. The van der Waals surface area contributed by atoms with Crippen LogP contribution in [0.15, 0.2) is 0 Å². The Bertz CT molecular complexity index is 384. The van der Waals surface area contributed by atoms with Gasteiger partial charge < -0.3 is 10.6 Å². The van der Waals surface area contributed by atoms with E-state index >= 15 is 0 Å². The Labute approximate surface area is 106 Å². The van der Waals surface area contributed by atoms with Crippen molar-refractivity contribution < 1.29 is 0 Å². The first-order valence-corrected chi connectivity index (χ1v) is 6.42. The number of hydrogen-bond acceptors (Lipinski definition) is 5. The molecule has 0 aliphatic heterocycles. The second kappa shape index (κ2) is 5.49. The van der Waals surface area contributed by atoms with Crippen molar-refractivity contribution in [2.75, 3.05) is 17.7 Å². The van der Waals surface area contributed by atoms with Crippen molar-refractivity contribution in [3.63, 3.8) is 0 Å². The van der Waals surface area contributed by atoms with Crippen molar-refractivity contribution in [3.8, 4) is 0 Å². The molecule has 1 heterocycles. The fraction of sp³-hybridized carbons (Fsp3) is 0.727. The van der Waals surface area contributed by atoms with Crippen LogP contribution in [0.1, 0.15) is 32.6 Å². The van der Waals surface area contributed by atoms with E-state index in [1.807, 2.05) is 0 Å². The van der Waals surface area contributed by atoms with Crippen LogP contribution in [0.2, 0.25) is 5.28 Å². The molecule has 0 spiro atoms. The fourth-order valence-corrected chi connectivity index (χ4v) is 2.38. The number of halogens is 1. The Hall–Kier alpha value is -1.10. The third-order valence-electron chi connectivity index (χ3n) is 3.26. The number of rotatable bonds is 3. The minimum Gasteiger partial charge on any atom is -0.357 e. The molecule has 5 nitrogen and oxygen atoms in total. The van der Waals surface area contributed by atoms with Crippen molar-refractivity contribution in [2.24, 2.45) is 5.92 Å². The van der Waals surface area contributed by atoms with Gasteiger partial charge in [-0.25, -0.2) is 0 Å². The van der Waals surface area contributed by atoms with Crippen LogP contribution in [0, 0.1) is 5.92 Å². The van der Waals surface area contributed by atoms with E-state index in [0.29, 0.717) is 23.9 Å². The molecule has 2 atom stereocenters. The summed E-state index contributed by atoms with van der Waals surface area (Å²) in [6.07, 6.45) is 5.01. The van der Waals surface area contributed by atoms with Crippen LogP contribution in [-0.4, -0.2) is 28.0 Å². The highest BCUT2D eigenvalue weighted by atomic mass is 35.5. The summed E-state index contributed by atoms with van der Waals surface area (Å²) in [4.78, 5) is 12.3. The van der Waals surface area contributed by atoms with Gasteiger partial charge >= 0.3 is 0 Å². The number of anilines is 2. The molecule has 1 fully saturated rings. The number of nitrogens with zero attached hydrogens (tertiary/aromatic N) is 3. The normalized spacial score (nSPS) is 24.4. The van der Waals surface area contributed by atoms with Crippen LogP contribution in [0.4, 0.5) is 11.9 Å². The first kappa shape index (κ1) is 12.4. The molecule has 2 unspecified atom stereocenters. The van der Waals surface area contributed by atoms with E-state index in [0.717, 1.165) is 0 Å². The zero-order chi connectivity index (χ0) is 12.3. The standard InChI is InChI=1S/C11H18ClN5/c1-7-5-3-4-6-8(7)14-11-16-9(12)15-10(13-2)17-11/h7-8H,3-6H2,1-2H3,(H2,13,14,15,16,17). The van der Waals surface area contributed by atoms with Crippen LogP contribution < -0.4 is 10.6 Å². The van der Waals surface area contributed by atoms with E-state index < -0.39 is 0 Å². The van der Waals surface area contributed by atoms with Crippen molar-refractivity contribution in [1.82, 2.24) is 15.0 Å². The quantitative estimate of drug-likeness (QED) is 0.869. The van der Waals surface area contributed by atoms with Gasteiger partial charge in [-0.2, -0.15) is 15.0 Å². The molecule has 1 aliphatic carbocycles. The molecule has 0 amide bonds. The Morgan fingerprint density at radius 2 is 1.82 bits per heavy atom. The molecule has 2 rings (SSSR count). The molecule has 6 heteroatoms. The SMILES string of the molecule is CNc1nc(Cl)nc(NC2CCCCC2C)n1. The minimum absolute atomic E-state index is 0.218. The maximum absolute atomic E-state index is 5.84. The van der Waals surface area contributed by atoms with E-state index in [4.69, 9.17) is 11.6 Å².